The van der Waals surface area contributed by atoms with Crippen molar-refractivity contribution in [1.82, 2.24) is 9.80 Å². The van der Waals surface area contributed by atoms with Gasteiger partial charge in [0.15, 0.2) is 0 Å². The zero-order valence-corrected chi connectivity index (χ0v) is 15.0. The van der Waals surface area contributed by atoms with Crippen LogP contribution in [-0.4, -0.2) is 78.0 Å². The molecule has 0 aliphatic carbocycles. The Balaban J connectivity index is 1.43. The lowest BCUT2D eigenvalue weighted by molar-refractivity contribution is -0.126. The van der Waals surface area contributed by atoms with Crippen LogP contribution in [0.5, 0.6) is 0 Å². The third kappa shape index (κ3) is 2.36. The maximum atomic E-state index is 12.5. The number of amides is 1. The molecule has 7 nitrogen and oxygen atoms in total. The van der Waals surface area contributed by atoms with Crippen molar-refractivity contribution >= 4 is 6.09 Å². The van der Waals surface area contributed by atoms with Crippen molar-refractivity contribution < 1.29 is 23.7 Å². The van der Waals surface area contributed by atoms with Gasteiger partial charge in [-0.1, -0.05) is 0 Å². The standard InChI is InChI=1S/C17H28N2O5/c1-12-7-18(8-13(2)24-12)14(20)21-9-17-10-22-15(3)5-6-16(4,19(15)17)23-11-17/h12-13H,5-11H2,1-4H3/t12-,13+,15-,16+,17?. The molecule has 0 radical (unpaired) electrons. The third-order valence-electron chi connectivity index (χ3n) is 5.92. The van der Waals surface area contributed by atoms with E-state index < -0.39 is 0 Å². The SMILES string of the molecule is C[C@@H]1CN(C(=O)OCC23CO[C@]4(C)CC[C@](C)(OC2)N34)C[C@H](C)O1. The average Bonchev–Trinajstić information content (AvgIpc) is 3.09. The van der Waals surface area contributed by atoms with Crippen LogP contribution in [0.3, 0.4) is 0 Å². The second-order valence-corrected chi connectivity index (χ2v) is 8.20. The van der Waals surface area contributed by atoms with Crippen LogP contribution in [0.2, 0.25) is 0 Å². The second-order valence-electron chi connectivity index (χ2n) is 8.20. The predicted octanol–water partition coefficient (Wildman–Crippen LogP) is 1.56. The van der Waals surface area contributed by atoms with Gasteiger partial charge in [-0.3, -0.25) is 0 Å². The Morgan fingerprint density at radius 1 is 1.08 bits per heavy atom. The zero-order valence-electron chi connectivity index (χ0n) is 15.0. The molecule has 24 heavy (non-hydrogen) atoms. The third-order valence-corrected chi connectivity index (χ3v) is 5.92. The molecule has 4 aliphatic rings. The van der Waals surface area contributed by atoms with E-state index in [4.69, 9.17) is 18.9 Å². The first-order valence-electron chi connectivity index (χ1n) is 8.92. The molecule has 4 aliphatic heterocycles. The summed E-state index contributed by atoms with van der Waals surface area (Å²) in [5.74, 6) is 0. The van der Waals surface area contributed by atoms with E-state index in [9.17, 15) is 4.79 Å². The van der Waals surface area contributed by atoms with Crippen LogP contribution in [0.4, 0.5) is 4.79 Å². The Hall–Kier alpha value is -0.890. The van der Waals surface area contributed by atoms with E-state index in [0.717, 1.165) is 12.8 Å². The Bertz CT molecular complexity index is 511. The van der Waals surface area contributed by atoms with Crippen LogP contribution in [0, 0.1) is 0 Å². The van der Waals surface area contributed by atoms with Gasteiger partial charge in [-0.05, 0) is 40.5 Å². The number of morpholine rings is 1. The van der Waals surface area contributed by atoms with Crippen LogP contribution in [0.1, 0.15) is 40.5 Å². The molecule has 5 atom stereocenters. The number of nitrogens with zero attached hydrogens (tertiary/aromatic N) is 2. The van der Waals surface area contributed by atoms with Gasteiger partial charge in [0.05, 0.1) is 38.5 Å². The smallest absolute Gasteiger partial charge is 0.410 e. The quantitative estimate of drug-likeness (QED) is 0.760. The maximum Gasteiger partial charge on any atom is 0.410 e. The molecule has 0 aromatic carbocycles. The number of carbonyl (C=O) groups is 1. The van der Waals surface area contributed by atoms with Crippen molar-refractivity contribution in [1.29, 1.82) is 0 Å². The highest BCUT2D eigenvalue weighted by Gasteiger charge is 2.69. The lowest BCUT2D eigenvalue weighted by atomic mass is 10.0. The zero-order chi connectivity index (χ0) is 17.2. The van der Waals surface area contributed by atoms with Gasteiger partial charge in [0, 0.05) is 0 Å². The van der Waals surface area contributed by atoms with E-state index in [1.165, 1.54) is 0 Å². The first-order chi connectivity index (χ1) is 11.3. The number of hydrogen-bond acceptors (Lipinski definition) is 6. The minimum absolute atomic E-state index is 0.0363. The molecule has 4 fully saturated rings. The van der Waals surface area contributed by atoms with E-state index in [1.54, 1.807) is 4.90 Å². The van der Waals surface area contributed by atoms with Crippen LogP contribution >= 0.6 is 0 Å². The maximum absolute atomic E-state index is 12.5. The largest absolute Gasteiger partial charge is 0.447 e. The topological polar surface area (TPSA) is 60.5 Å². The molecule has 7 heteroatoms. The normalized spacial score (nSPS) is 47.9. The molecule has 4 heterocycles. The van der Waals surface area contributed by atoms with Gasteiger partial charge in [0.2, 0.25) is 0 Å². The van der Waals surface area contributed by atoms with Gasteiger partial charge in [-0.25, -0.2) is 9.69 Å². The van der Waals surface area contributed by atoms with Crippen LogP contribution in [0.15, 0.2) is 0 Å². The number of ether oxygens (including phenoxy) is 4. The van der Waals surface area contributed by atoms with E-state index in [2.05, 4.69) is 18.7 Å². The molecule has 4 rings (SSSR count). The van der Waals surface area contributed by atoms with Crippen molar-refractivity contribution in [3.63, 3.8) is 0 Å². The van der Waals surface area contributed by atoms with Crippen molar-refractivity contribution in [2.24, 2.45) is 0 Å². The molecular weight excluding hydrogens is 312 g/mol. The van der Waals surface area contributed by atoms with Gasteiger partial charge < -0.3 is 23.8 Å². The molecule has 0 bridgehead atoms. The Labute approximate surface area is 143 Å². The van der Waals surface area contributed by atoms with Crippen molar-refractivity contribution in [3.05, 3.63) is 0 Å². The van der Waals surface area contributed by atoms with Crippen molar-refractivity contribution in [3.8, 4) is 0 Å². The van der Waals surface area contributed by atoms with Gasteiger partial charge in [0.1, 0.15) is 23.6 Å². The summed E-state index contributed by atoms with van der Waals surface area (Å²) >= 11 is 0. The molecule has 1 amide bonds. The van der Waals surface area contributed by atoms with Crippen LogP contribution in [-0.2, 0) is 18.9 Å². The fourth-order valence-electron chi connectivity index (χ4n) is 4.98. The number of rotatable bonds is 2. The summed E-state index contributed by atoms with van der Waals surface area (Å²) in [5.41, 5.74) is -0.974. The van der Waals surface area contributed by atoms with E-state index in [0.29, 0.717) is 32.9 Å². The Morgan fingerprint density at radius 3 is 2.17 bits per heavy atom. The van der Waals surface area contributed by atoms with Gasteiger partial charge in [0.25, 0.3) is 0 Å². The van der Waals surface area contributed by atoms with Gasteiger partial charge >= 0.3 is 6.09 Å². The summed E-state index contributed by atoms with van der Waals surface area (Å²) in [6.07, 6.45) is 1.69. The monoisotopic (exact) mass is 340 g/mol. The predicted molar refractivity (Wildman–Crippen MR) is 85.4 cm³/mol. The minimum Gasteiger partial charge on any atom is -0.447 e. The van der Waals surface area contributed by atoms with Crippen LogP contribution in [0.25, 0.3) is 0 Å². The van der Waals surface area contributed by atoms with Crippen molar-refractivity contribution in [2.45, 2.75) is 69.7 Å². The minimum atomic E-state index is -0.362. The lowest BCUT2D eigenvalue weighted by Crippen LogP contribution is -2.57. The fraction of sp³-hybridized carbons (Fsp3) is 0.941. The highest BCUT2D eigenvalue weighted by molar-refractivity contribution is 5.68. The van der Waals surface area contributed by atoms with Gasteiger partial charge in [-0.2, -0.15) is 0 Å². The van der Waals surface area contributed by atoms with Crippen LogP contribution < -0.4 is 0 Å². The first-order valence-corrected chi connectivity index (χ1v) is 8.92. The molecule has 0 saturated carbocycles. The van der Waals surface area contributed by atoms with Crippen molar-refractivity contribution in [2.75, 3.05) is 32.9 Å². The summed E-state index contributed by atoms with van der Waals surface area (Å²) in [7, 11) is 0. The number of hydrogen-bond donors (Lipinski definition) is 0. The molecule has 4 saturated heterocycles. The molecular formula is C17H28N2O5. The Morgan fingerprint density at radius 2 is 1.62 bits per heavy atom. The summed E-state index contributed by atoms with van der Waals surface area (Å²) in [6.45, 7) is 10.7. The van der Waals surface area contributed by atoms with Gasteiger partial charge in [-0.15, -0.1) is 0 Å². The van der Waals surface area contributed by atoms with E-state index >= 15 is 0 Å². The molecule has 0 N–H and O–H groups in total. The summed E-state index contributed by atoms with van der Waals surface area (Å²) in [6, 6.07) is 0. The molecule has 136 valence electrons. The summed E-state index contributed by atoms with van der Waals surface area (Å²) in [4.78, 5) is 16.6. The molecule has 0 aromatic heterocycles. The second kappa shape index (κ2) is 5.30. The molecule has 0 aromatic rings. The Kier molecular flexibility index (Phi) is 3.66. The van der Waals surface area contributed by atoms with E-state index in [-0.39, 0.29) is 35.3 Å². The van der Waals surface area contributed by atoms with E-state index in [1.807, 2.05) is 13.8 Å². The fourth-order valence-corrected chi connectivity index (χ4v) is 4.98. The molecule has 0 spiro atoms. The summed E-state index contributed by atoms with van der Waals surface area (Å²) in [5, 5.41) is 0. The highest BCUT2D eigenvalue weighted by atomic mass is 16.6. The lowest BCUT2D eigenvalue weighted by Gasteiger charge is -2.38. The number of carbonyl (C=O) groups excluding carboxylic acids is 1. The summed E-state index contributed by atoms with van der Waals surface area (Å²) < 4.78 is 23.6. The molecule has 1 unspecified atom stereocenters. The first kappa shape index (κ1) is 16.6. The average molecular weight is 340 g/mol. The highest BCUT2D eigenvalue weighted by Crippen LogP contribution is 2.55.